The van der Waals surface area contributed by atoms with Crippen LogP contribution in [-0.2, 0) is 11.3 Å². The number of likely N-dealkylation sites (tertiary alicyclic amines) is 1. The van der Waals surface area contributed by atoms with E-state index >= 15 is 0 Å². The Bertz CT molecular complexity index is 440. The third kappa shape index (κ3) is 3.74. The lowest BCUT2D eigenvalue weighted by molar-refractivity contribution is 0.0863. The van der Waals surface area contributed by atoms with Crippen LogP contribution in [0.3, 0.4) is 0 Å². The van der Waals surface area contributed by atoms with Gasteiger partial charge in [-0.2, -0.15) is 0 Å². The molecule has 1 fully saturated rings. The van der Waals surface area contributed by atoms with E-state index < -0.39 is 11.6 Å². The van der Waals surface area contributed by atoms with E-state index in [2.05, 4.69) is 20.8 Å². The highest BCUT2D eigenvalue weighted by molar-refractivity contribution is 9.10. The van der Waals surface area contributed by atoms with Gasteiger partial charge in [0.25, 0.3) is 0 Å². The Labute approximate surface area is 120 Å². The number of methoxy groups -OCH3 is 1. The molecule has 1 atom stereocenters. The van der Waals surface area contributed by atoms with Gasteiger partial charge in [0.1, 0.15) is 11.6 Å². The SMILES string of the molecule is COCC1CCCN(Cc2c(F)ccc(Br)c2F)C1. The second kappa shape index (κ2) is 6.77. The highest BCUT2D eigenvalue weighted by Gasteiger charge is 2.22. The molecule has 1 aliphatic heterocycles. The van der Waals surface area contributed by atoms with Gasteiger partial charge in [0.05, 0.1) is 11.1 Å². The molecule has 0 amide bonds. The molecule has 106 valence electrons. The number of ether oxygens (including phenoxy) is 1. The maximum absolute atomic E-state index is 13.9. The van der Waals surface area contributed by atoms with Crippen molar-refractivity contribution in [3.63, 3.8) is 0 Å². The van der Waals surface area contributed by atoms with Crippen molar-refractivity contribution in [3.8, 4) is 0 Å². The van der Waals surface area contributed by atoms with Crippen LogP contribution in [0.2, 0.25) is 0 Å². The van der Waals surface area contributed by atoms with Gasteiger partial charge in [0.2, 0.25) is 0 Å². The molecular weight excluding hydrogens is 316 g/mol. The second-order valence-corrected chi connectivity index (χ2v) is 5.87. The van der Waals surface area contributed by atoms with Crippen molar-refractivity contribution in [1.82, 2.24) is 4.90 Å². The van der Waals surface area contributed by atoms with Crippen molar-refractivity contribution in [2.75, 3.05) is 26.8 Å². The molecule has 0 bridgehead atoms. The van der Waals surface area contributed by atoms with Crippen LogP contribution in [0.5, 0.6) is 0 Å². The molecule has 0 aliphatic carbocycles. The number of piperidine rings is 1. The lowest BCUT2D eigenvalue weighted by atomic mass is 9.98. The van der Waals surface area contributed by atoms with Gasteiger partial charge in [-0.1, -0.05) is 0 Å². The highest BCUT2D eigenvalue weighted by atomic mass is 79.9. The first kappa shape index (κ1) is 14.9. The van der Waals surface area contributed by atoms with Crippen LogP contribution in [0, 0.1) is 17.6 Å². The highest BCUT2D eigenvalue weighted by Crippen LogP contribution is 2.25. The molecule has 0 radical (unpaired) electrons. The fourth-order valence-corrected chi connectivity index (χ4v) is 2.98. The van der Waals surface area contributed by atoms with Crippen LogP contribution in [0.15, 0.2) is 16.6 Å². The summed E-state index contributed by atoms with van der Waals surface area (Å²) in [6.07, 6.45) is 2.17. The molecule has 2 nitrogen and oxygen atoms in total. The molecule has 1 aromatic rings. The standard InChI is InChI=1S/C14H18BrF2NO/c1-19-9-10-3-2-6-18(7-10)8-11-13(16)5-4-12(15)14(11)17/h4-5,10H,2-3,6-9H2,1H3. The Balaban J connectivity index is 2.06. The van der Waals surface area contributed by atoms with Gasteiger partial charge in [-0.05, 0) is 53.4 Å². The smallest absolute Gasteiger partial charge is 0.144 e. The zero-order valence-electron chi connectivity index (χ0n) is 11.0. The van der Waals surface area contributed by atoms with Gasteiger partial charge >= 0.3 is 0 Å². The van der Waals surface area contributed by atoms with Crippen LogP contribution in [0.25, 0.3) is 0 Å². The first-order valence-corrected chi connectivity index (χ1v) is 7.24. The minimum absolute atomic E-state index is 0.146. The van der Waals surface area contributed by atoms with Crippen LogP contribution < -0.4 is 0 Å². The van der Waals surface area contributed by atoms with Crippen LogP contribution in [0.1, 0.15) is 18.4 Å². The summed E-state index contributed by atoms with van der Waals surface area (Å²) >= 11 is 3.10. The fraction of sp³-hybridized carbons (Fsp3) is 0.571. The molecule has 1 aliphatic rings. The van der Waals surface area contributed by atoms with E-state index in [0.717, 1.165) is 25.9 Å². The summed E-state index contributed by atoms with van der Waals surface area (Å²) in [5, 5.41) is 0. The molecule has 0 aromatic heterocycles. The summed E-state index contributed by atoms with van der Waals surface area (Å²) in [5.41, 5.74) is 0.146. The van der Waals surface area contributed by atoms with E-state index in [1.54, 1.807) is 7.11 Å². The largest absolute Gasteiger partial charge is 0.384 e. The first-order chi connectivity index (χ1) is 9.11. The van der Waals surface area contributed by atoms with Gasteiger partial charge < -0.3 is 4.74 Å². The van der Waals surface area contributed by atoms with Gasteiger partial charge in [-0.3, -0.25) is 4.90 Å². The first-order valence-electron chi connectivity index (χ1n) is 6.45. The maximum Gasteiger partial charge on any atom is 0.144 e. The number of hydrogen-bond donors (Lipinski definition) is 0. The van der Waals surface area contributed by atoms with Gasteiger partial charge in [-0.15, -0.1) is 0 Å². The van der Waals surface area contributed by atoms with Crippen molar-refractivity contribution in [2.45, 2.75) is 19.4 Å². The Morgan fingerprint density at radius 1 is 1.42 bits per heavy atom. The summed E-state index contributed by atoms with van der Waals surface area (Å²) in [4.78, 5) is 2.10. The van der Waals surface area contributed by atoms with Gasteiger partial charge in [0.15, 0.2) is 0 Å². The second-order valence-electron chi connectivity index (χ2n) is 5.02. The maximum atomic E-state index is 13.9. The van der Waals surface area contributed by atoms with E-state index in [0.29, 0.717) is 23.5 Å². The average Bonchev–Trinajstić information content (AvgIpc) is 2.40. The predicted molar refractivity (Wildman–Crippen MR) is 73.9 cm³/mol. The number of benzene rings is 1. The zero-order chi connectivity index (χ0) is 13.8. The Hall–Kier alpha value is -0.520. The topological polar surface area (TPSA) is 12.5 Å². The normalized spacial score (nSPS) is 20.7. The molecule has 0 N–H and O–H groups in total. The molecule has 1 heterocycles. The number of nitrogens with zero attached hydrogens (tertiary/aromatic N) is 1. The third-order valence-corrected chi connectivity index (χ3v) is 4.14. The molecule has 0 saturated carbocycles. The van der Waals surface area contributed by atoms with Crippen LogP contribution >= 0.6 is 15.9 Å². The van der Waals surface area contributed by atoms with Crippen LogP contribution in [0.4, 0.5) is 8.78 Å². The molecule has 0 spiro atoms. The summed E-state index contributed by atoms with van der Waals surface area (Å²) in [5.74, 6) is -0.513. The average molecular weight is 334 g/mol. The summed E-state index contributed by atoms with van der Waals surface area (Å²) in [7, 11) is 1.69. The van der Waals surface area contributed by atoms with Crippen molar-refractivity contribution in [2.24, 2.45) is 5.92 Å². The summed E-state index contributed by atoms with van der Waals surface area (Å²) in [6.45, 7) is 2.74. The quantitative estimate of drug-likeness (QED) is 0.781. The number of rotatable bonds is 4. The number of hydrogen-bond acceptors (Lipinski definition) is 2. The van der Waals surface area contributed by atoms with E-state index in [1.807, 2.05) is 0 Å². The van der Waals surface area contributed by atoms with E-state index in [-0.39, 0.29) is 5.56 Å². The number of halogens is 3. The lowest BCUT2D eigenvalue weighted by Gasteiger charge is -2.32. The molecular formula is C14H18BrF2NO. The van der Waals surface area contributed by atoms with Crippen molar-refractivity contribution >= 4 is 15.9 Å². The van der Waals surface area contributed by atoms with Crippen molar-refractivity contribution < 1.29 is 13.5 Å². The molecule has 19 heavy (non-hydrogen) atoms. The fourth-order valence-electron chi connectivity index (χ4n) is 2.60. The third-order valence-electron chi connectivity index (χ3n) is 3.53. The Morgan fingerprint density at radius 3 is 2.95 bits per heavy atom. The molecule has 5 heteroatoms. The Kier molecular flexibility index (Phi) is 5.30. The van der Waals surface area contributed by atoms with E-state index in [4.69, 9.17) is 4.74 Å². The van der Waals surface area contributed by atoms with Crippen molar-refractivity contribution in [3.05, 3.63) is 33.8 Å². The van der Waals surface area contributed by atoms with E-state index in [9.17, 15) is 8.78 Å². The minimum Gasteiger partial charge on any atom is -0.384 e. The molecule has 2 rings (SSSR count). The minimum atomic E-state index is -0.492. The lowest BCUT2D eigenvalue weighted by Crippen LogP contribution is -2.37. The monoisotopic (exact) mass is 333 g/mol. The molecule has 1 aromatic carbocycles. The summed E-state index contributed by atoms with van der Waals surface area (Å²) < 4.78 is 33.1. The predicted octanol–water partition coefficient (Wildman–Crippen LogP) is 3.59. The summed E-state index contributed by atoms with van der Waals surface area (Å²) in [6, 6.07) is 2.71. The zero-order valence-corrected chi connectivity index (χ0v) is 12.6. The van der Waals surface area contributed by atoms with Gasteiger partial charge in [0, 0.05) is 25.8 Å². The van der Waals surface area contributed by atoms with Crippen molar-refractivity contribution in [1.29, 1.82) is 0 Å². The van der Waals surface area contributed by atoms with Crippen LogP contribution in [-0.4, -0.2) is 31.7 Å². The molecule has 1 unspecified atom stereocenters. The van der Waals surface area contributed by atoms with E-state index in [1.165, 1.54) is 12.1 Å². The molecule has 1 saturated heterocycles. The van der Waals surface area contributed by atoms with Gasteiger partial charge in [-0.25, -0.2) is 8.78 Å². The Morgan fingerprint density at radius 2 is 2.21 bits per heavy atom.